The number of hydrogen-bond acceptors (Lipinski definition) is 4. The van der Waals surface area contributed by atoms with E-state index in [4.69, 9.17) is 5.14 Å². The molecule has 0 aliphatic rings. The summed E-state index contributed by atoms with van der Waals surface area (Å²) in [5, 5.41) is 7.33. The van der Waals surface area contributed by atoms with Crippen molar-refractivity contribution in [1.29, 1.82) is 0 Å². The van der Waals surface area contributed by atoms with Crippen molar-refractivity contribution in [3.8, 4) is 0 Å². The fraction of sp³-hybridized carbons (Fsp3) is 0.0769. The molecule has 3 N–H and O–H groups in total. The molecule has 0 bridgehead atoms. The van der Waals surface area contributed by atoms with Crippen LogP contribution in [0.4, 0.5) is 10.1 Å². The maximum absolute atomic E-state index is 13.2. The quantitative estimate of drug-likeness (QED) is 0.895. The minimum Gasteiger partial charge on any atom is -0.319 e. The van der Waals surface area contributed by atoms with Gasteiger partial charge in [0, 0.05) is 5.69 Å². The number of pyridine rings is 1. The molecule has 0 saturated carbocycles. The van der Waals surface area contributed by atoms with Gasteiger partial charge in [0.2, 0.25) is 10.0 Å². The molecule has 6 nitrogen and oxygen atoms in total. The number of carbonyl (C=O) groups is 1. The fourth-order valence-corrected chi connectivity index (χ4v) is 2.38. The van der Waals surface area contributed by atoms with Gasteiger partial charge in [-0.1, -0.05) is 6.07 Å². The van der Waals surface area contributed by atoms with Crippen LogP contribution in [0.25, 0.3) is 0 Å². The SMILES string of the molecule is Cc1cccc(C(=O)Nc2cc(F)ccc2S(N)(=O)=O)n1. The van der Waals surface area contributed by atoms with Gasteiger partial charge in [-0.3, -0.25) is 4.79 Å². The van der Waals surface area contributed by atoms with Crippen molar-refractivity contribution >= 4 is 21.6 Å². The Hall–Kier alpha value is -2.32. The lowest BCUT2D eigenvalue weighted by atomic mass is 10.2. The van der Waals surface area contributed by atoms with E-state index >= 15 is 0 Å². The second kappa shape index (κ2) is 5.58. The molecule has 1 heterocycles. The minimum atomic E-state index is -4.09. The fourth-order valence-electron chi connectivity index (χ4n) is 1.70. The Labute approximate surface area is 120 Å². The molecule has 0 radical (unpaired) electrons. The summed E-state index contributed by atoms with van der Waals surface area (Å²) in [4.78, 5) is 15.7. The van der Waals surface area contributed by atoms with E-state index in [9.17, 15) is 17.6 Å². The van der Waals surface area contributed by atoms with Crippen molar-refractivity contribution in [2.45, 2.75) is 11.8 Å². The molecular formula is C13H12FN3O3S. The maximum atomic E-state index is 13.2. The molecule has 0 fully saturated rings. The molecule has 0 aliphatic heterocycles. The molecule has 2 aromatic rings. The predicted molar refractivity (Wildman–Crippen MR) is 74.7 cm³/mol. The molecule has 0 atom stereocenters. The number of halogens is 1. The number of nitrogens with one attached hydrogen (secondary N) is 1. The Morgan fingerprint density at radius 2 is 2.00 bits per heavy atom. The topological polar surface area (TPSA) is 102 Å². The summed E-state index contributed by atoms with van der Waals surface area (Å²) in [6.45, 7) is 1.70. The average Bonchev–Trinajstić information content (AvgIpc) is 2.37. The van der Waals surface area contributed by atoms with Crippen LogP contribution in [0.1, 0.15) is 16.2 Å². The Morgan fingerprint density at radius 1 is 1.29 bits per heavy atom. The molecule has 0 aliphatic carbocycles. The standard InChI is InChI=1S/C13H12FN3O3S/c1-8-3-2-4-10(16-8)13(18)17-11-7-9(14)5-6-12(11)21(15,19)20/h2-7H,1H3,(H,17,18)(H2,15,19,20). The highest BCUT2D eigenvalue weighted by molar-refractivity contribution is 7.89. The Kier molecular flexibility index (Phi) is 4.01. The lowest BCUT2D eigenvalue weighted by Gasteiger charge is -2.09. The number of benzene rings is 1. The highest BCUT2D eigenvalue weighted by Gasteiger charge is 2.17. The zero-order chi connectivity index (χ0) is 15.6. The van der Waals surface area contributed by atoms with Crippen molar-refractivity contribution in [2.24, 2.45) is 5.14 Å². The molecule has 8 heteroatoms. The third kappa shape index (κ3) is 3.61. The van der Waals surface area contributed by atoms with Crippen LogP contribution in [0.2, 0.25) is 0 Å². The van der Waals surface area contributed by atoms with Crippen LogP contribution in [-0.4, -0.2) is 19.3 Å². The number of primary sulfonamides is 1. The van der Waals surface area contributed by atoms with E-state index in [-0.39, 0.29) is 16.3 Å². The smallest absolute Gasteiger partial charge is 0.274 e. The maximum Gasteiger partial charge on any atom is 0.274 e. The van der Waals surface area contributed by atoms with Gasteiger partial charge < -0.3 is 5.32 Å². The number of anilines is 1. The van der Waals surface area contributed by atoms with Crippen molar-refractivity contribution < 1.29 is 17.6 Å². The van der Waals surface area contributed by atoms with Crippen molar-refractivity contribution in [2.75, 3.05) is 5.32 Å². The Balaban J connectivity index is 2.40. The average molecular weight is 309 g/mol. The molecule has 1 amide bonds. The predicted octanol–water partition coefficient (Wildman–Crippen LogP) is 1.43. The van der Waals surface area contributed by atoms with Crippen molar-refractivity contribution in [3.05, 3.63) is 53.6 Å². The first-order valence-electron chi connectivity index (χ1n) is 5.85. The summed E-state index contributed by atoms with van der Waals surface area (Å²) in [6.07, 6.45) is 0. The molecule has 0 unspecified atom stereocenters. The van der Waals surface area contributed by atoms with Gasteiger partial charge in [0.15, 0.2) is 0 Å². The summed E-state index contributed by atoms with van der Waals surface area (Å²) in [5.74, 6) is -1.36. The van der Waals surface area contributed by atoms with Gasteiger partial charge >= 0.3 is 0 Å². The second-order valence-corrected chi connectivity index (χ2v) is 5.83. The summed E-state index contributed by atoms with van der Waals surface area (Å²) < 4.78 is 36.1. The third-order valence-corrected chi connectivity index (χ3v) is 3.59. The molecule has 2 rings (SSSR count). The van der Waals surface area contributed by atoms with Crippen LogP contribution in [0, 0.1) is 12.7 Å². The van der Waals surface area contributed by atoms with E-state index < -0.39 is 21.7 Å². The van der Waals surface area contributed by atoms with Crippen molar-refractivity contribution in [3.63, 3.8) is 0 Å². The van der Waals surface area contributed by atoms with E-state index in [0.717, 1.165) is 18.2 Å². The van der Waals surface area contributed by atoms with Gasteiger partial charge in [-0.2, -0.15) is 0 Å². The highest BCUT2D eigenvalue weighted by Crippen LogP contribution is 2.21. The number of nitrogens with two attached hydrogens (primary N) is 1. The summed E-state index contributed by atoms with van der Waals surface area (Å²) in [6, 6.07) is 7.61. The monoisotopic (exact) mass is 309 g/mol. The van der Waals surface area contributed by atoms with Gasteiger partial charge in [-0.05, 0) is 37.3 Å². The minimum absolute atomic E-state index is 0.0830. The first-order valence-corrected chi connectivity index (χ1v) is 7.39. The normalized spacial score (nSPS) is 11.2. The number of aryl methyl sites for hydroxylation is 1. The van der Waals surface area contributed by atoms with Gasteiger partial charge in [0.1, 0.15) is 16.4 Å². The van der Waals surface area contributed by atoms with Crippen molar-refractivity contribution in [1.82, 2.24) is 4.98 Å². The van der Waals surface area contributed by atoms with Gasteiger partial charge in [0.05, 0.1) is 5.69 Å². The molecule has 0 spiro atoms. The summed E-state index contributed by atoms with van der Waals surface area (Å²) >= 11 is 0. The number of hydrogen-bond donors (Lipinski definition) is 2. The second-order valence-electron chi connectivity index (χ2n) is 4.30. The van der Waals surface area contributed by atoms with Crippen LogP contribution in [-0.2, 0) is 10.0 Å². The highest BCUT2D eigenvalue weighted by atomic mass is 32.2. The molecule has 110 valence electrons. The van der Waals surface area contributed by atoms with Crippen LogP contribution in [0.5, 0.6) is 0 Å². The Bertz CT molecular complexity index is 806. The van der Waals surface area contributed by atoms with Gasteiger partial charge in [0.25, 0.3) is 5.91 Å². The first-order chi connectivity index (χ1) is 9.77. The zero-order valence-corrected chi connectivity index (χ0v) is 11.8. The Morgan fingerprint density at radius 3 is 2.62 bits per heavy atom. The molecule has 0 saturated heterocycles. The van der Waals surface area contributed by atoms with E-state index in [0.29, 0.717) is 5.69 Å². The van der Waals surface area contributed by atoms with E-state index in [1.165, 1.54) is 6.07 Å². The molecule has 1 aromatic carbocycles. The summed E-state index contributed by atoms with van der Waals surface area (Å²) in [7, 11) is -4.09. The first kappa shape index (κ1) is 15.1. The van der Waals surface area contributed by atoms with Gasteiger partial charge in [-0.25, -0.2) is 22.9 Å². The number of sulfonamides is 1. The lowest BCUT2D eigenvalue weighted by molar-refractivity contribution is 0.102. The largest absolute Gasteiger partial charge is 0.319 e. The lowest BCUT2D eigenvalue weighted by Crippen LogP contribution is -2.19. The third-order valence-electron chi connectivity index (χ3n) is 2.62. The van der Waals surface area contributed by atoms with Gasteiger partial charge in [-0.15, -0.1) is 0 Å². The molecule has 1 aromatic heterocycles. The van der Waals surface area contributed by atoms with E-state index in [2.05, 4.69) is 10.3 Å². The number of amides is 1. The molecule has 21 heavy (non-hydrogen) atoms. The molecular weight excluding hydrogens is 297 g/mol. The van der Waals surface area contributed by atoms with E-state index in [1.54, 1.807) is 19.1 Å². The van der Waals surface area contributed by atoms with Crippen LogP contribution in [0.3, 0.4) is 0 Å². The number of aromatic nitrogens is 1. The summed E-state index contributed by atoms with van der Waals surface area (Å²) in [5.41, 5.74) is 0.471. The van der Waals surface area contributed by atoms with Crippen LogP contribution in [0.15, 0.2) is 41.3 Å². The van der Waals surface area contributed by atoms with Crippen LogP contribution < -0.4 is 10.5 Å². The number of carbonyl (C=O) groups excluding carboxylic acids is 1. The number of rotatable bonds is 3. The van der Waals surface area contributed by atoms with E-state index in [1.807, 2.05) is 0 Å². The number of nitrogens with zero attached hydrogens (tertiary/aromatic N) is 1. The zero-order valence-electron chi connectivity index (χ0n) is 11.0. The van der Waals surface area contributed by atoms with Crippen LogP contribution >= 0.6 is 0 Å².